The van der Waals surface area contributed by atoms with E-state index in [1.165, 1.54) is 0 Å². The van der Waals surface area contributed by atoms with E-state index in [0.29, 0.717) is 0 Å². The first-order valence-corrected chi connectivity index (χ1v) is 9.39. The Kier molecular flexibility index (Phi) is 13.3. The Morgan fingerprint density at radius 1 is 0.840 bits per heavy atom. The molecule has 138 valence electrons. The Morgan fingerprint density at radius 2 is 1.36 bits per heavy atom. The standard InChI is InChI=1S/C22H32O3/c1-2-3-4-5-6-7-8-9-10-11-12-13-14-15-16-17-18-19-22-24-20-21(23)25-22/h3-4,6-7,9-10,12-13,15-16,22H,2,5,8,11,14,17-20H2,1H3/b4-3-,7-6-,10-9-,13-12-,16-15-. The highest BCUT2D eigenvalue weighted by Crippen LogP contribution is 2.12. The van der Waals surface area contributed by atoms with Gasteiger partial charge in [-0.05, 0) is 44.9 Å². The maximum absolute atomic E-state index is 10.9. The van der Waals surface area contributed by atoms with Crippen molar-refractivity contribution in [3.05, 3.63) is 60.8 Å². The van der Waals surface area contributed by atoms with Crippen LogP contribution < -0.4 is 0 Å². The third-order valence-corrected chi connectivity index (χ3v) is 3.62. The maximum atomic E-state index is 10.9. The fraction of sp³-hybridized carbons (Fsp3) is 0.500. The molecule has 1 heterocycles. The summed E-state index contributed by atoms with van der Waals surface area (Å²) in [5.74, 6) is -0.250. The zero-order valence-electron chi connectivity index (χ0n) is 15.4. The van der Waals surface area contributed by atoms with Crippen LogP contribution in [0.5, 0.6) is 0 Å². The molecule has 25 heavy (non-hydrogen) atoms. The van der Waals surface area contributed by atoms with Gasteiger partial charge in [-0.3, -0.25) is 0 Å². The molecule has 0 aromatic rings. The maximum Gasteiger partial charge on any atom is 0.334 e. The van der Waals surface area contributed by atoms with Crippen molar-refractivity contribution < 1.29 is 14.3 Å². The summed E-state index contributed by atoms with van der Waals surface area (Å²) in [5, 5.41) is 0. The van der Waals surface area contributed by atoms with Crippen molar-refractivity contribution in [3.8, 4) is 0 Å². The van der Waals surface area contributed by atoms with Crippen LogP contribution in [0.4, 0.5) is 0 Å². The molecule has 1 rings (SSSR count). The van der Waals surface area contributed by atoms with Gasteiger partial charge in [-0.1, -0.05) is 67.7 Å². The van der Waals surface area contributed by atoms with Crippen molar-refractivity contribution in [2.75, 3.05) is 6.61 Å². The van der Waals surface area contributed by atoms with Crippen LogP contribution in [0.1, 0.15) is 58.3 Å². The summed E-state index contributed by atoms with van der Waals surface area (Å²) < 4.78 is 10.2. The summed E-state index contributed by atoms with van der Waals surface area (Å²) in [4.78, 5) is 10.9. The monoisotopic (exact) mass is 344 g/mol. The first kappa shape index (κ1) is 21.2. The van der Waals surface area contributed by atoms with Crippen LogP contribution in [0.3, 0.4) is 0 Å². The molecule has 1 aliphatic rings. The number of hydrogen-bond acceptors (Lipinski definition) is 3. The summed E-state index contributed by atoms with van der Waals surface area (Å²) >= 11 is 0. The summed E-state index contributed by atoms with van der Waals surface area (Å²) in [6.07, 6.45) is 29.5. The number of carbonyl (C=O) groups excluding carboxylic acids is 1. The first-order chi connectivity index (χ1) is 12.3. The topological polar surface area (TPSA) is 35.5 Å². The summed E-state index contributed by atoms with van der Waals surface area (Å²) in [6, 6.07) is 0. The predicted octanol–water partition coefficient (Wildman–Crippen LogP) is 5.81. The highest BCUT2D eigenvalue weighted by molar-refractivity contribution is 5.72. The lowest BCUT2D eigenvalue weighted by Crippen LogP contribution is -2.07. The van der Waals surface area contributed by atoms with Gasteiger partial charge in [-0.25, -0.2) is 4.79 Å². The van der Waals surface area contributed by atoms with Gasteiger partial charge in [0.15, 0.2) is 0 Å². The van der Waals surface area contributed by atoms with Gasteiger partial charge in [0.1, 0.15) is 6.61 Å². The van der Waals surface area contributed by atoms with Gasteiger partial charge in [0.2, 0.25) is 6.29 Å². The van der Waals surface area contributed by atoms with E-state index < -0.39 is 0 Å². The summed E-state index contributed by atoms with van der Waals surface area (Å²) in [5.41, 5.74) is 0. The Morgan fingerprint density at radius 3 is 1.84 bits per heavy atom. The van der Waals surface area contributed by atoms with Gasteiger partial charge in [0.05, 0.1) is 0 Å². The van der Waals surface area contributed by atoms with Crippen LogP contribution in [0.15, 0.2) is 60.8 Å². The molecule has 3 nitrogen and oxygen atoms in total. The fourth-order valence-electron chi connectivity index (χ4n) is 2.29. The van der Waals surface area contributed by atoms with Gasteiger partial charge in [-0.2, -0.15) is 0 Å². The number of carbonyl (C=O) groups is 1. The predicted molar refractivity (Wildman–Crippen MR) is 104 cm³/mol. The SMILES string of the molecule is CC/C=C\C/C=C\C/C=C\C/C=C\C/C=C\CCCC1OCC(=O)O1. The van der Waals surface area contributed by atoms with E-state index in [1.807, 2.05) is 0 Å². The third kappa shape index (κ3) is 13.1. The summed E-state index contributed by atoms with van der Waals surface area (Å²) in [7, 11) is 0. The Hall–Kier alpha value is -1.87. The minimum absolute atomic E-state index is 0.104. The average molecular weight is 344 g/mol. The normalized spacial score (nSPS) is 18.8. The second-order valence-electron chi connectivity index (χ2n) is 5.87. The van der Waals surface area contributed by atoms with Gasteiger partial charge in [0, 0.05) is 6.42 Å². The van der Waals surface area contributed by atoms with E-state index in [2.05, 4.69) is 67.7 Å². The van der Waals surface area contributed by atoms with Crippen LogP contribution >= 0.6 is 0 Å². The number of unbranched alkanes of at least 4 members (excludes halogenated alkanes) is 1. The molecular weight excluding hydrogens is 312 g/mol. The average Bonchev–Trinajstić information content (AvgIpc) is 3.03. The molecular formula is C22H32O3. The highest BCUT2D eigenvalue weighted by Gasteiger charge is 2.22. The van der Waals surface area contributed by atoms with Crippen molar-refractivity contribution in [1.82, 2.24) is 0 Å². The second kappa shape index (κ2) is 15.6. The van der Waals surface area contributed by atoms with Gasteiger partial charge >= 0.3 is 5.97 Å². The zero-order valence-corrected chi connectivity index (χ0v) is 15.4. The minimum Gasteiger partial charge on any atom is -0.434 e. The van der Waals surface area contributed by atoms with E-state index in [-0.39, 0.29) is 18.9 Å². The molecule has 0 amide bonds. The highest BCUT2D eigenvalue weighted by atomic mass is 16.7. The third-order valence-electron chi connectivity index (χ3n) is 3.62. The molecule has 1 aliphatic heterocycles. The summed E-state index contributed by atoms with van der Waals surface area (Å²) in [6.45, 7) is 2.25. The number of ether oxygens (including phenoxy) is 2. The molecule has 0 N–H and O–H groups in total. The fourth-order valence-corrected chi connectivity index (χ4v) is 2.29. The van der Waals surface area contributed by atoms with E-state index in [9.17, 15) is 4.79 Å². The molecule has 1 fully saturated rings. The lowest BCUT2D eigenvalue weighted by Gasteiger charge is -2.05. The van der Waals surface area contributed by atoms with Crippen molar-refractivity contribution >= 4 is 5.97 Å². The number of rotatable bonds is 13. The largest absolute Gasteiger partial charge is 0.434 e. The van der Waals surface area contributed by atoms with E-state index in [0.717, 1.165) is 51.4 Å². The van der Waals surface area contributed by atoms with Crippen molar-refractivity contribution in [2.45, 2.75) is 64.6 Å². The molecule has 0 saturated carbocycles. The number of allylic oxidation sites excluding steroid dienone is 10. The van der Waals surface area contributed by atoms with Crippen LogP contribution in [0, 0.1) is 0 Å². The van der Waals surface area contributed by atoms with Gasteiger partial charge < -0.3 is 9.47 Å². The molecule has 1 atom stereocenters. The molecule has 0 bridgehead atoms. The Balaban J connectivity index is 1.91. The molecule has 0 aliphatic carbocycles. The number of cyclic esters (lactones) is 1. The molecule has 3 heteroatoms. The molecule has 1 saturated heterocycles. The van der Waals surface area contributed by atoms with Gasteiger partial charge in [-0.15, -0.1) is 0 Å². The van der Waals surface area contributed by atoms with Crippen molar-refractivity contribution in [3.63, 3.8) is 0 Å². The molecule has 0 spiro atoms. The first-order valence-electron chi connectivity index (χ1n) is 9.39. The second-order valence-corrected chi connectivity index (χ2v) is 5.87. The Bertz CT molecular complexity index is 484. The van der Waals surface area contributed by atoms with Crippen molar-refractivity contribution in [2.24, 2.45) is 0 Å². The van der Waals surface area contributed by atoms with Gasteiger partial charge in [0.25, 0.3) is 0 Å². The van der Waals surface area contributed by atoms with Crippen LogP contribution in [-0.4, -0.2) is 18.9 Å². The molecule has 0 aromatic heterocycles. The minimum atomic E-state index is -0.324. The van der Waals surface area contributed by atoms with E-state index in [1.54, 1.807) is 0 Å². The lowest BCUT2D eigenvalue weighted by atomic mass is 10.2. The van der Waals surface area contributed by atoms with Crippen LogP contribution in [0.25, 0.3) is 0 Å². The van der Waals surface area contributed by atoms with Crippen LogP contribution in [-0.2, 0) is 14.3 Å². The van der Waals surface area contributed by atoms with E-state index in [4.69, 9.17) is 9.47 Å². The molecule has 1 unspecified atom stereocenters. The number of hydrogen-bond donors (Lipinski definition) is 0. The Labute approximate surface area is 152 Å². The van der Waals surface area contributed by atoms with Crippen LogP contribution in [0.2, 0.25) is 0 Å². The van der Waals surface area contributed by atoms with E-state index >= 15 is 0 Å². The molecule has 0 aromatic carbocycles. The lowest BCUT2D eigenvalue weighted by molar-refractivity contribution is -0.143. The zero-order chi connectivity index (χ0) is 18.0. The van der Waals surface area contributed by atoms with Crippen molar-refractivity contribution in [1.29, 1.82) is 0 Å². The quantitative estimate of drug-likeness (QED) is 0.240. The smallest absolute Gasteiger partial charge is 0.334 e. The number of esters is 1. The molecule has 0 radical (unpaired) electrons.